The van der Waals surface area contributed by atoms with Crippen molar-refractivity contribution in [3.05, 3.63) is 84.4 Å². The van der Waals surface area contributed by atoms with Crippen molar-refractivity contribution in [3.63, 3.8) is 0 Å². The van der Waals surface area contributed by atoms with Crippen molar-refractivity contribution < 1.29 is 0 Å². The lowest BCUT2D eigenvalue weighted by Gasteiger charge is -2.00. The molecule has 0 spiro atoms. The molecule has 3 aromatic rings. The molecule has 0 saturated carbocycles. The molecule has 0 aliphatic rings. The lowest BCUT2D eigenvalue weighted by Crippen LogP contribution is -1.76. The highest BCUT2D eigenvalue weighted by Crippen LogP contribution is 2.27. The summed E-state index contributed by atoms with van der Waals surface area (Å²) in [4.78, 5) is 17.0. The maximum Gasteiger partial charge on any atom is 0.100 e. The Balaban J connectivity index is 1.83. The molecule has 0 aliphatic heterocycles. The van der Waals surface area contributed by atoms with Crippen LogP contribution in [-0.4, -0.2) is 12.0 Å². The largest absolute Gasteiger partial charge is 0.188 e. The van der Waals surface area contributed by atoms with Gasteiger partial charge in [-0.05, 0) is 43.3 Å². The van der Waals surface area contributed by atoms with Gasteiger partial charge in [0.2, 0.25) is 0 Å². The molecule has 0 unspecified atom stereocenters. The number of rotatable bonds is 4. The van der Waals surface area contributed by atoms with Gasteiger partial charge in [0.15, 0.2) is 0 Å². The second-order valence-corrected chi connectivity index (χ2v) is 5.24. The predicted octanol–water partition coefficient (Wildman–Crippen LogP) is 6.27. The first-order valence-corrected chi connectivity index (χ1v) is 7.85. The van der Waals surface area contributed by atoms with Crippen LogP contribution in [0.15, 0.2) is 98.8 Å². The number of benzene rings is 3. The molecule has 0 atom stereocenters. The van der Waals surface area contributed by atoms with Gasteiger partial charge < -0.3 is 0 Å². The normalized spacial score (nSPS) is 9.48. The highest BCUT2D eigenvalue weighted by Gasteiger charge is 2.00. The molecule has 25 heavy (non-hydrogen) atoms. The Morgan fingerprint density at radius 1 is 0.520 bits per heavy atom. The van der Waals surface area contributed by atoms with Gasteiger partial charge in [-0.3, -0.25) is 0 Å². The van der Waals surface area contributed by atoms with E-state index in [1.807, 2.05) is 85.8 Å². The fraction of sp³-hybridized carbons (Fsp3) is 0.0476. The van der Waals surface area contributed by atoms with Gasteiger partial charge in [0, 0.05) is 5.56 Å². The first kappa shape index (κ1) is 16.3. The lowest BCUT2D eigenvalue weighted by molar-refractivity contribution is 1.36. The van der Waals surface area contributed by atoms with E-state index >= 15 is 0 Å². The Bertz CT molecular complexity index is 886. The minimum Gasteiger partial charge on any atom is -0.188 e. The van der Waals surface area contributed by atoms with Crippen LogP contribution in [0.25, 0.3) is 0 Å². The van der Waals surface area contributed by atoms with Crippen LogP contribution in [0.4, 0.5) is 22.7 Å². The number of aliphatic imine (C=N–C) groups is 4. The topological polar surface area (TPSA) is 49.4 Å². The van der Waals surface area contributed by atoms with Gasteiger partial charge in [-0.1, -0.05) is 42.5 Å². The molecule has 0 saturated heterocycles. The summed E-state index contributed by atoms with van der Waals surface area (Å²) in [6.45, 7) is 1.95. The van der Waals surface area contributed by atoms with Crippen molar-refractivity contribution >= 4 is 34.8 Å². The molecular weight excluding hydrogens is 308 g/mol. The van der Waals surface area contributed by atoms with Crippen LogP contribution in [0, 0.1) is 6.92 Å². The summed E-state index contributed by atoms with van der Waals surface area (Å²) in [6.07, 6.45) is 0. The van der Waals surface area contributed by atoms with Gasteiger partial charge in [-0.2, -0.15) is 20.0 Å². The summed E-state index contributed by atoms with van der Waals surface area (Å²) in [5.41, 5.74) is 4.08. The number of nitrogens with zero attached hydrogens (tertiary/aromatic N) is 4. The fourth-order valence-corrected chi connectivity index (χ4v) is 2.13. The van der Waals surface area contributed by atoms with Crippen LogP contribution < -0.4 is 0 Å². The third-order valence-electron chi connectivity index (χ3n) is 3.49. The van der Waals surface area contributed by atoms with Crippen molar-refractivity contribution in [3.8, 4) is 0 Å². The lowest BCUT2D eigenvalue weighted by atomic mass is 10.1. The van der Waals surface area contributed by atoms with Crippen molar-refractivity contribution in [1.82, 2.24) is 0 Å². The summed E-state index contributed by atoms with van der Waals surface area (Å²) < 4.78 is 0. The van der Waals surface area contributed by atoms with Gasteiger partial charge in [-0.25, -0.2) is 0 Å². The molecule has 3 rings (SSSR count). The van der Waals surface area contributed by atoms with Gasteiger partial charge in [-0.15, -0.1) is 0 Å². The highest BCUT2D eigenvalue weighted by molar-refractivity contribution is 5.67. The van der Waals surface area contributed by atoms with Crippen molar-refractivity contribution in [1.29, 1.82) is 0 Å². The molecule has 0 aromatic heterocycles. The Hall–Kier alpha value is -3.58. The molecule has 0 fully saturated rings. The van der Waals surface area contributed by atoms with Crippen molar-refractivity contribution in [2.24, 2.45) is 20.0 Å². The number of hydrogen-bond acceptors (Lipinski definition) is 4. The highest BCUT2D eigenvalue weighted by atomic mass is 14.8. The average molecular weight is 324 g/mol. The summed E-state index contributed by atoms with van der Waals surface area (Å²) >= 11 is 0. The van der Waals surface area contributed by atoms with Gasteiger partial charge in [0.1, 0.15) is 12.0 Å². The van der Waals surface area contributed by atoms with E-state index in [2.05, 4.69) is 32.0 Å². The minimum atomic E-state index is 0.766. The molecule has 0 heterocycles. The maximum absolute atomic E-state index is 4.29. The van der Waals surface area contributed by atoms with E-state index in [1.54, 1.807) is 0 Å². The zero-order valence-electron chi connectivity index (χ0n) is 13.8. The van der Waals surface area contributed by atoms with Crippen molar-refractivity contribution in [2.75, 3.05) is 0 Å². The predicted molar refractivity (Wildman–Crippen MR) is 102 cm³/mol. The monoisotopic (exact) mass is 324 g/mol. The molecule has 0 N–H and O–H groups in total. The van der Waals surface area contributed by atoms with Crippen LogP contribution in [0.2, 0.25) is 0 Å². The Morgan fingerprint density at radius 3 is 1.40 bits per heavy atom. The van der Waals surface area contributed by atoms with Gasteiger partial charge >= 0.3 is 0 Å². The molecule has 120 valence electrons. The Labute approximate surface area is 146 Å². The third kappa shape index (κ3) is 4.69. The zero-order valence-corrected chi connectivity index (χ0v) is 13.8. The number of hydrogen-bond donors (Lipinski definition) is 0. The van der Waals surface area contributed by atoms with Gasteiger partial charge in [0.25, 0.3) is 0 Å². The van der Waals surface area contributed by atoms with E-state index in [0.29, 0.717) is 0 Å². The van der Waals surface area contributed by atoms with Gasteiger partial charge in [0.05, 0.1) is 22.7 Å². The molecule has 0 amide bonds. The smallest absolute Gasteiger partial charge is 0.100 e. The average Bonchev–Trinajstić information content (AvgIpc) is 2.66. The van der Waals surface area contributed by atoms with Crippen LogP contribution in [0.1, 0.15) is 5.56 Å². The Morgan fingerprint density at radius 2 is 0.960 bits per heavy atom. The van der Waals surface area contributed by atoms with E-state index in [0.717, 1.165) is 28.3 Å². The SMILES string of the molecule is Cc1c(N=C=Nc2ccccc2)cccc1N=C=Nc1ccccc1. The van der Waals surface area contributed by atoms with Crippen LogP contribution in [-0.2, 0) is 0 Å². The Kier molecular flexibility index (Phi) is 5.42. The summed E-state index contributed by atoms with van der Waals surface area (Å²) in [7, 11) is 0. The fourth-order valence-electron chi connectivity index (χ4n) is 2.13. The summed E-state index contributed by atoms with van der Waals surface area (Å²) in [5.74, 6) is 0. The molecule has 4 heteroatoms. The minimum absolute atomic E-state index is 0.766. The molecule has 4 nitrogen and oxygen atoms in total. The van der Waals surface area contributed by atoms with Crippen LogP contribution in [0.3, 0.4) is 0 Å². The molecule has 3 aromatic carbocycles. The molecule has 0 aliphatic carbocycles. The first-order valence-electron chi connectivity index (χ1n) is 7.85. The van der Waals surface area contributed by atoms with E-state index < -0.39 is 0 Å². The second kappa shape index (κ2) is 8.32. The summed E-state index contributed by atoms with van der Waals surface area (Å²) in [6, 6.07) is 30.3. The molecule has 0 radical (unpaired) electrons. The quantitative estimate of drug-likeness (QED) is 0.508. The third-order valence-corrected chi connectivity index (χ3v) is 3.49. The first-order chi connectivity index (χ1) is 12.3. The summed E-state index contributed by atoms with van der Waals surface area (Å²) in [5, 5.41) is 0. The second-order valence-electron chi connectivity index (χ2n) is 5.24. The van der Waals surface area contributed by atoms with Crippen LogP contribution in [0.5, 0.6) is 0 Å². The van der Waals surface area contributed by atoms with E-state index in [1.165, 1.54) is 0 Å². The van der Waals surface area contributed by atoms with Crippen LogP contribution >= 0.6 is 0 Å². The molecular formula is C21H16N4. The van der Waals surface area contributed by atoms with Crippen molar-refractivity contribution in [2.45, 2.75) is 6.92 Å². The van der Waals surface area contributed by atoms with E-state index in [-0.39, 0.29) is 0 Å². The zero-order chi connectivity index (χ0) is 17.3. The van der Waals surface area contributed by atoms with E-state index in [9.17, 15) is 0 Å². The van der Waals surface area contributed by atoms with E-state index in [4.69, 9.17) is 0 Å². The number of para-hydroxylation sites is 2. The maximum atomic E-state index is 4.29. The molecule has 0 bridgehead atoms. The standard InChI is InChI=1S/C21H16N4/c1-17-20(24-15-22-18-9-4-2-5-10-18)13-8-14-21(17)25-16-23-19-11-6-3-7-12-19/h2-14H,1H3.